The molecule has 3 N–H and O–H groups in total. The molecule has 0 unspecified atom stereocenters. The van der Waals surface area contributed by atoms with Crippen molar-refractivity contribution in [2.75, 3.05) is 18.5 Å². The van der Waals surface area contributed by atoms with E-state index in [-0.39, 0.29) is 25.0 Å². The van der Waals surface area contributed by atoms with Crippen LogP contribution in [0.25, 0.3) is 0 Å². The lowest BCUT2D eigenvalue weighted by Gasteiger charge is -2.17. The molecule has 0 aliphatic carbocycles. The molecule has 0 saturated carbocycles. The topological polar surface area (TPSA) is 78.4 Å². The lowest BCUT2D eigenvalue weighted by Crippen LogP contribution is -2.27. The molecule has 0 radical (unpaired) electrons. The number of benzene rings is 1. The summed E-state index contributed by atoms with van der Waals surface area (Å²) in [6, 6.07) is 5.18. The Hall–Kier alpha value is -1.88. The second kappa shape index (κ2) is 4.97. The van der Waals surface area contributed by atoms with Gasteiger partial charge in [0.25, 0.3) is 5.91 Å². The highest BCUT2D eigenvalue weighted by Crippen LogP contribution is 2.23. The molecular weight excluding hydrogens is 220 g/mol. The van der Waals surface area contributed by atoms with Crippen molar-refractivity contribution in [1.82, 2.24) is 5.32 Å². The summed E-state index contributed by atoms with van der Waals surface area (Å²) in [5, 5.41) is 14.0. The smallest absolute Gasteiger partial charge is 0.251 e. The molecule has 0 fully saturated rings. The van der Waals surface area contributed by atoms with Gasteiger partial charge in [-0.1, -0.05) is 0 Å². The highest BCUT2D eigenvalue weighted by Gasteiger charge is 2.16. The third kappa shape index (κ3) is 2.62. The minimum absolute atomic E-state index is 0.00924. The highest BCUT2D eigenvalue weighted by atomic mass is 16.3. The van der Waals surface area contributed by atoms with Crippen LogP contribution in [0.5, 0.6) is 0 Å². The Morgan fingerprint density at radius 1 is 1.41 bits per heavy atom. The summed E-state index contributed by atoms with van der Waals surface area (Å²) in [5.74, 6) is -0.200. The van der Waals surface area contributed by atoms with Crippen LogP contribution in [-0.2, 0) is 11.2 Å². The van der Waals surface area contributed by atoms with Crippen molar-refractivity contribution in [1.29, 1.82) is 0 Å². The predicted octanol–water partition coefficient (Wildman–Crippen LogP) is 0.293. The Kier molecular flexibility index (Phi) is 3.39. The van der Waals surface area contributed by atoms with Crippen molar-refractivity contribution in [2.24, 2.45) is 0 Å². The number of rotatable bonds is 3. The standard InChI is InChI=1S/C12H14N2O3/c15-6-5-13-12(17)9-1-3-10-8(7-9)2-4-11(16)14-10/h1,3,7,15H,2,4-6H2,(H,13,17)(H,14,16). The molecule has 2 amide bonds. The number of anilines is 1. The van der Waals surface area contributed by atoms with Gasteiger partial charge in [0.2, 0.25) is 5.91 Å². The Labute approximate surface area is 98.8 Å². The van der Waals surface area contributed by atoms with E-state index in [1.54, 1.807) is 18.2 Å². The molecule has 0 aromatic heterocycles. The number of amides is 2. The molecule has 1 aromatic rings. The van der Waals surface area contributed by atoms with Crippen LogP contribution in [0.4, 0.5) is 5.69 Å². The number of aliphatic hydroxyl groups excluding tert-OH is 1. The second-order valence-electron chi connectivity index (χ2n) is 3.90. The van der Waals surface area contributed by atoms with Crippen LogP contribution in [0.3, 0.4) is 0 Å². The van der Waals surface area contributed by atoms with Gasteiger partial charge in [-0.25, -0.2) is 0 Å². The molecule has 0 saturated heterocycles. The van der Waals surface area contributed by atoms with E-state index < -0.39 is 0 Å². The van der Waals surface area contributed by atoms with Gasteiger partial charge in [0.05, 0.1) is 6.61 Å². The van der Waals surface area contributed by atoms with Crippen molar-refractivity contribution >= 4 is 17.5 Å². The van der Waals surface area contributed by atoms with Crippen molar-refractivity contribution in [3.8, 4) is 0 Å². The zero-order valence-corrected chi connectivity index (χ0v) is 9.32. The quantitative estimate of drug-likeness (QED) is 0.703. The van der Waals surface area contributed by atoms with E-state index in [2.05, 4.69) is 10.6 Å². The number of carbonyl (C=O) groups excluding carboxylic acids is 2. The number of nitrogens with one attached hydrogen (secondary N) is 2. The summed E-state index contributed by atoms with van der Waals surface area (Å²) in [7, 11) is 0. The monoisotopic (exact) mass is 234 g/mol. The largest absolute Gasteiger partial charge is 0.395 e. The van der Waals surface area contributed by atoms with Gasteiger partial charge >= 0.3 is 0 Å². The van der Waals surface area contributed by atoms with Gasteiger partial charge in [0.15, 0.2) is 0 Å². The van der Waals surface area contributed by atoms with Crippen molar-refractivity contribution in [3.63, 3.8) is 0 Å². The number of aryl methyl sites for hydroxylation is 1. The fraction of sp³-hybridized carbons (Fsp3) is 0.333. The molecule has 90 valence electrons. The Bertz CT molecular complexity index is 457. The van der Waals surface area contributed by atoms with Gasteiger partial charge in [-0.05, 0) is 30.2 Å². The Balaban J connectivity index is 2.16. The van der Waals surface area contributed by atoms with Gasteiger partial charge in [-0.2, -0.15) is 0 Å². The maximum absolute atomic E-state index is 11.6. The number of carbonyl (C=O) groups is 2. The fourth-order valence-electron chi connectivity index (χ4n) is 1.80. The summed E-state index contributed by atoms with van der Waals surface area (Å²) >= 11 is 0. The lowest BCUT2D eigenvalue weighted by atomic mass is 10.00. The average Bonchev–Trinajstić information content (AvgIpc) is 2.35. The molecule has 1 aliphatic rings. The van der Waals surface area contributed by atoms with Gasteiger partial charge in [0.1, 0.15) is 0 Å². The number of hydrogen-bond acceptors (Lipinski definition) is 3. The van der Waals surface area contributed by atoms with Crippen LogP contribution >= 0.6 is 0 Å². The summed E-state index contributed by atoms with van der Waals surface area (Å²) in [5.41, 5.74) is 2.30. The minimum Gasteiger partial charge on any atom is -0.395 e. The normalized spacial score (nSPS) is 13.8. The predicted molar refractivity (Wildman–Crippen MR) is 62.8 cm³/mol. The molecule has 0 bridgehead atoms. The summed E-state index contributed by atoms with van der Waals surface area (Å²) in [6.07, 6.45) is 1.11. The first-order valence-electron chi connectivity index (χ1n) is 5.52. The molecular formula is C12H14N2O3. The number of aliphatic hydroxyl groups is 1. The third-order valence-corrected chi connectivity index (χ3v) is 2.66. The fourth-order valence-corrected chi connectivity index (χ4v) is 1.80. The Morgan fingerprint density at radius 3 is 3.00 bits per heavy atom. The summed E-state index contributed by atoms with van der Waals surface area (Å²) in [6.45, 7) is 0.166. The third-order valence-electron chi connectivity index (χ3n) is 2.66. The SMILES string of the molecule is O=C1CCc2cc(C(=O)NCCO)ccc2N1. The van der Waals surface area contributed by atoms with Gasteiger partial charge in [-0.15, -0.1) is 0 Å². The van der Waals surface area contributed by atoms with E-state index in [1.165, 1.54) is 0 Å². The molecule has 0 atom stereocenters. The van der Waals surface area contributed by atoms with E-state index in [0.29, 0.717) is 18.4 Å². The van der Waals surface area contributed by atoms with Crippen LogP contribution < -0.4 is 10.6 Å². The Morgan fingerprint density at radius 2 is 2.24 bits per heavy atom. The van der Waals surface area contributed by atoms with Crippen LogP contribution in [0, 0.1) is 0 Å². The minimum atomic E-state index is -0.209. The van der Waals surface area contributed by atoms with Gasteiger partial charge in [0, 0.05) is 24.2 Å². The summed E-state index contributed by atoms with van der Waals surface area (Å²) < 4.78 is 0. The molecule has 1 heterocycles. The maximum atomic E-state index is 11.6. The molecule has 1 aliphatic heterocycles. The molecule has 17 heavy (non-hydrogen) atoms. The van der Waals surface area contributed by atoms with E-state index in [1.807, 2.05) is 0 Å². The van der Waals surface area contributed by atoms with E-state index >= 15 is 0 Å². The van der Waals surface area contributed by atoms with Crippen molar-refractivity contribution < 1.29 is 14.7 Å². The van der Waals surface area contributed by atoms with Crippen LogP contribution in [-0.4, -0.2) is 30.1 Å². The first-order valence-corrected chi connectivity index (χ1v) is 5.52. The van der Waals surface area contributed by atoms with Crippen LogP contribution in [0.15, 0.2) is 18.2 Å². The highest BCUT2D eigenvalue weighted by molar-refractivity contribution is 5.97. The van der Waals surface area contributed by atoms with Crippen LogP contribution in [0.2, 0.25) is 0 Å². The molecule has 0 spiro atoms. The van der Waals surface area contributed by atoms with Crippen molar-refractivity contribution in [2.45, 2.75) is 12.8 Å². The number of hydrogen-bond donors (Lipinski definition) is 3. The van der Waals surface area contributed by atoms with E-state index in [4.69, 9.17) is 5.11 Å². The molecule has 5 nitrogen and oxygen atoms in total. The van der Waals surface area contributed by atoms with Gasteiger partial charge < -0.3 is 15.7 Å². The second-order valence-corrected chi connectivity index (χ2v) is 3.90. The lowest BCUT2D eigenvalue weighted by molar-refractivity contribution is -0.116. The first-order chi connectivity index (χ1) is 8.20. The van der Waals surface area contributed by atoms with E-state index in [9.17, 15) is 9.59 Å². The summed E-state index contributed by atoms with van der Waals surface area (Å²) in [4.78, 5) is 22.8. The average molecular weight is 234 g/mol. The van der Waals surface area contributed by atoms with Crippen molar-refractivity contribution in [3.05, 3.63) is 29.3 Å². The molecule has 2 rings (SSSR count). The first kappa shape index (κ1) is 11.6. The van der Waals surface area contributed by atoms with Gasteiger partial charge in [-0.3, -0.25) is 9.59 Å². The van der Waals surface area contributed by atoms with Crippen LogP contribution in [0.1, 0.15) is 22.3 Å². The zero-order chi connectivity index (χ0) is 12.3. The molecule has 1 aromatic carbocycles. The molecule has 5 heteroatoms. The zero-order valence-electron chi connectivity index (χ0n) is 9.32. The van der Waals surface area contributed by atoms with E-state index in [0.717, 1.165) is 11.3 Å². The number of fused-ring (bicyclic) bond motifs is 1. The maximum Gasteiger partial charge on any atom is 0.251 e.